The van der Waals surface area contributed by atoms with Crippen LogP contribution >= 0.6 is 0 Å². The molecule has 0 aliphatic carbocycles. The van der Waals surface area contributed by atoms with Crippen LogP contribution in [0.25, 0.3) is 10.9 Å². The van der Waals surface area contributed by atoms with E-state index in [-0.39, 0.29) is 11.3 Å². The van der Waals surface area contributed by atoms with Crippen LogP contribution in [0.4, 0.5) is 5.95 Å². The lowest BCUT2D eigenvalue weighted by Gasteiger charge is -2.10. The number of rotatable bonds is 5. The Kier molecular flexibility index (Phi) is 4.38. The molecule has 2 N–H and O–H groups in total. The van der Waals surface area contributed by atoms with Crippen LogP contribution in [0.3, 0.4) is 0 Å². The number of phenols is 1. The summed E-state index contributed by atoms with van der Waals surface area (Å²) in [6, 6.07) is 13.8. The fourth-order valence-electron chi connectivity index (χ4n) is 2.28. The Morgan fingerprint density at radius 3 is 2.71 bits per heavy atom. The van der Waals surface area contributed by atoms with Gasteiger partial charge in [0, 0.05) is 6.54 Å². The van der Waals surface area contributed by atoms with Crippen molar-refractivity contribution in [3.8, 4) is 5.75 Å². The number of hydrazone groups is 1. The lowest BCUT2D eigenvalue weighted by atomic mass is 10.2. The topological polar surface area (TPSA) is 79.5 Å². The highest BCUT2D eigenvalue weighted by Crippen LogP contribution is 2.12. The molecule has 3 rings (SSSR count). The van der Waals surface area contributed by atoms with Gasteiger partial charge in [-0.2, -0.15) is 5.10 Å². The molecular weight excluding hydrogens is 304 g/mol. The molecule has 0 spiro atoms. The summed E-state index contributed by atoms with van der Waals surface area (Å²) in [5.74, 6) is 0.532. The summed E-state index contributed by atoms with van der Waals surface area (Å²) < 4.78 is 1.48. The molecule has 3 aromatic rings. The quantitative estimate of drug-likeness (QED) is 0.430. The second-order valence-corrected chi connectivity index (χ2v) is 5.12. The molecule has 24 heavy (non-hydrogen) atoms. The first-order valence-electron chi connectivity index (χ1n) is 7.37. The van der Waals surface area contributed by atoms with E-state index in [9.17, 15) is 9.90 Å². The van der Waals surface area contributed by atoms with Gasteiger partial charge in [0.25, 0.3) is 5.56 Å². The number of hydrogen-bond donors (Lipinski definition) is 2. The minimum atomic E-state index is -0.150. The lowest BCUT2D eigenvalue weighted by Crippen LogP contribution is -2.23. The number of para-hydroxylation sites is 1. The molecule has 0 fully saturated rings. The Hall–Kier alpha value is -3.41. The van der Waals surface area contributed by atoms with Gasteiger partial charge in [-0.1, -0.05) is 18.2 Å². The molecule has 0 saturated heterocycles. The summed E-state index contributed by atoms with van der Waals surface area (Å²) >= 11 is 0. The number of nitrogens with zero attached hydrogens (tertiary/aromatic N) is 3. The SMILES string of the molecule is C=CCn1c(NN=Cc2ccc(O)cc2)nc2ccccc2c1=O. The third-order valence-corrected chi connectivity index (χ3v) is 3.44. The van der Waals surface area contributed by atoms with Crippen molar-refractivity contribution < 1.29 is 5.11 Å². The van der Waals surface area contributed by atoms with Crippen LogP contribution in [0.2, 0.25) is 0 Å². The van der Waals surface area contributed by atoms with Crippen molar-refractivity contribution in [1.29, 1.82) is 0 Å². The van der Waals surface area contributed by atoms with E-state index in [1.807, 2.05) is 6.07 Å². The molecule has 6 heteroatoms. The fourth-order valence-corrected chi connectivity index (χ4v) is 2.28. The van der Waals surface area contributed by atoms with Crippen LogP contribution in [0, 0.1) is 0 Å². The minimum Gasteiger partial charge on any atom is -0.508 e. The highest BCUT2D eigenvalue weighted by atomic mass is 16.3. The molecule has 1 heterocycles. The zero-order chi connectivity index (χ0) is 16.9. The van der Waals surface area contributed by atoms with Crippen molar-refractivity contribution in [1.82, 2.24) is 9.55 Å². The Bertz CT molecular complexity index is 959. The van der Waals surface area contributed by atoms with E-state index in [0.717, 1.165) is 5.56 Å². The largest absolute Gasteiger partial charge is 0.508 e. The standard InChI is InChI=1S/C18H16N4O2/c1-2-11-22-17(24)15-5-3-4-6-16(15)20-18(22)21-19-12-13-7-9-14(23)10-8-13/h2-10,12,23H,1,11H2,(H,20,21). The van der Waals surface area contributed by atoms with E-state index in [1.165, 1.54) is 4.57 Å². The van der Waals surface area contributed by atoms with Gasteiger partial charge in [0.15, 0.2) is 0 Å². The van der Waals surface area contributed by atoms with Gasteiger partial charge in [-0.15, -0.1) is 6.58 Å². The number of allylic oxidation sites excluding steroid dienone is 1. The van der Waals surface area contributed by atoms with E-state index in [4.69, 9.17) is 0 Å². The predicted octanol–water partition coefficient (Wildman–Crippen LogP) is 2.73. The molecular formula is C18H16N4O2. The molecule has 0 unspecified atom stereocenters. The first kappa shape index (κ1) is 15.5. The number of anilines is 1. The monoisotopic (exact) mass is 320 g/mol. The van der Waals surface area contributed by atoms with Gasteiger partial charge in [-0.25, -0.2) is 10.4 Å². The number of nitrogens with one attached hydrogen (secondary N) is 1. The average molecular weight is 320 g/mol. The van der Waals surface area contributed by atoms with Crippen molar-refractivity contribution in [3.63, 3.8) is 0 Å². The van der Waals surface area contributed by atoms with E-state index >= 15 is 0 Å². The zero-order valence-electron chi connectivity index (χ0n) is 12.9. The van der Waals surface area contributed by atoms with Gasteiger partial charge in [0.05, 0.1) is 17.1 Å². The van der Waals surface area contributed by atoms with Crippen molar-refractivity contribution in [3.05, 3.63) is 77.1 Å². The number of aromatic nitrogens is 2. The van der Waals surface area contributed by atoms with Crippen molar-refractivity contribution in [2.75, 3.05) is 5.43 Å². The molecule has 0 saturated carbocycles. The molecule has 0 atom stereocenters. The number of fused-ring (bicyclic) bond motifs is 1. The summed E-state index contributed by atoms with van der Waals surface area (Å²) in [6.45, 7) is 4.00. The number of benzene rings is 2. The van der Waals surface area contributed by atoms with Crippen LogP contribution in [-0.2, 0) is 6.54 Å². The van der Waals surface area contributed by atoms with Gasteiger partial charge in [-0.3, -0.25) is 9.36 Å². The van der Waals surface area contributed by atoms with Gasteiger partial charge in [-0.05, 0) is 42.0 Å². The summed E-state index contributed by atoms with van der Waals surface area (Å²) in [5, 5.41) is 13.9. The normalized spacial score (nSPS) is 11.0. The Labute approximate surface area is 138 Å². The molecule has 0 aliphatic heterocycles. The van der Waals surface area contributed by atoms with Gasteiger partial charge in [0.2, 0.25) is 5.95 Å². The van der Waals surface area contributed by atoms with E-state index in [1.54, 1.807) is 54.8 Å². The Balaban J connectivity index is 1.95. The van der Waals surface area contributed by atoms with Crippen LogP contribution in [0.5, 0.6) is 5.75 Å². The molecule has 2 aromatic carbocycles. The van der Waals surface area contributed by atoms with Crippen molar-refractivity contribution in [2.45, 2.75) is 6.54 Å². The summed E-state index contributed by atoms with van der Waals surface area (Å²) in [7, 11) is 0. The van der Waals surface area contributed by atoms with Crippen molar-refractivity contribution in [2.24, 2.45) is 5.10 Å². The minimum absolute atomic E-state index is 0.150. The molecule has 0 amide bonds. The first-order valence-corrected chi connectivity index (χ1v) is 7.37. The number of phenolic OH excluding ortho intramolecular Hbond substituents is 1. The smallest absolute Gasteiger partial charge is 0.263 e. The maximum Gasteiger partial charge on any atom is 0.263 e. The molecule has 1 aromatic heterocycles. The molecule has 120 valence electrons. The van der Waals surface area contributed by atoms with Crippen molar-refractivity contribution >= 4 is 23.1 Å². The number of aromatic hydroxyl groups is 1. The maximum absolute atomic E-state index is 12.6. The summed E-state index contributed by atoms with van der Waals surface area (Å²) in [5.41, 5.74) is 4.06. The fraction of sp³-hybridized carbons (Fsp3) is 0.0556. The summed E-state index contributed by atoms with van der Waals surface area (Å²) in [4.78, 5) is 17.0. The molecule has 0 aliphatic rings. The third kappa shape index (κ3) is 3.17. The third-order valence-electron chi connectivity index (χ3n) is 3.44. The van der Waals surface area contributed by atoms with E-state index < -0.39 is 0 Å². The second-order valence-electron chi connectivity index (χ2n) is 5.12. The van der Waals surface area contributed by atoms with Gasteiger partial charge < -0.3 is 5.11 Å². The van der Waals surface area contributed by atoms with Crippen LogP contribution in [0.15, 0.2) is 71.1 Å². The van der Waals surface area contributed by atoms with Crippen LogP contribution < -0.4 is 11.0 Å². The van der Waals surface area contributed by atoms with Crippen LogP contribution in [-0.4, -0.2) is 20.9 Å². The first-order chi connectivity index (χ1) is 11.7. The highest BCUT2D eigenvalue weighted by molar-refractivity contribution is 5.81. The lowest BCUT2D eigenvalue weighted by molar-refractivity contribution is 0.475. The number of hydrogen-bond acceptors (Lipinski definition) is 5. The highest BCUT2D eigenvalue weighted by Gasteiger charge is 2.08. The summed E-state index contributed by atoms with van der Waals surface area (Å²) in [6.07, 6.45) is 3.21. The molecule has 0 bridgehead atoms. The van der Waals surface area contributed by atoms with E-state index in [0.29, 0.717) is 23.4 Å². The second kappa shape index (κ2) is 6.78. The van der Waals surface area contributed by atoms with Gasteiger partial charge in [0.1, 0.15) is 5.75 Å². The van der Waals surface area contributed by atoms with Gasteiger partial charge >= 0.3 is 0 Å². The van der Waals surface area contributed by atoms with E-state index in [2.05, 4.69) is 22.1 Å². The Morgan fingerprint density at radius 1 is 1.21 bits per heavy atom. The zero-order valence-corrected chi connectivity index (χ0v) is 12.9. The molecule has 6 nitrogen and oxygen atoms in total. The average Bonchev–Trinajstić information content (AvgIpc) is 2.60. The molecule has 0 radical (unpaired) electrons. The Morgan fingerprint density at radius 2 is 1.96 bits per heavy atom. The predicted molar refractivity (Wildman–Crippen MR) is 95.5 cm³/mol. The maximum atomic E-state index is 12.6. The van der Waals surface area contributed by atoms with Crippen LogP contribution in [0.1, 0.15) is 5.56 Å².